The average Bonchev–Trinajstić information content (AvgIpc) is 3.20. The van der Waals surface area contributed by atoms with E-state index >= 15 is 0 Å². The smallest absolute Gasteiger partial charge is 0.258 e. The fourth-order valence-corrected chi connectivity index (χ4v) is 2.77. The first-order valence-corrected chi connectivity index (χ1v) is 8.35. The SMILES string of the molecule is N#Cc1ccccc1OCC(=O)NCc1ccnc(N2CCCC2)c1. The summed E-state index contributed by atoms with van der Waals surface area (Å²) in [7, 11) is 0. The first kappa shape index (κ1) is 16.8. The van der Waals surface area contributed by atoms with Crippen LogP contribution in [-0.2, 0) is 11.3 Å². The minimum Gasteiger partial charge on any atom is -0.482 e. The topological polar surface area (TPSA) is 78.2 Å². The number of carbonyl (C=O) groups is 1. The molecule has 1 saturated heterocycles. The van der Waals surface area contributed by atoms with Crippen molar-refractivity contribution in [2.75, 3.05) is 24.6 Å². The molecule has 0 unspecified atom stereocenters. The Hall–Kier alpha value is -3.07. The van der Waals surface area contributed by atoms with E-state index in [0.717, 1.165) is 24.5 Å². The Morgan fingerprint density at radius 3 is 2.88 bits per heavy atom. The van der Waals surface area contributed by atoms with E-state index in [1.165, 1.54) is 12.8 Å². The molecule has 1 N–H and O–H groups in total. The van der Waals surface area contributed by atoms with Crippen LogP contribution in [-0.4, -0.2) is 30.6 Å². The molecule has 1 fully saturated rings. The minimum atomic E-state index is -0.229. The lowest BCUT2D eigenvalue weighted by Gasteiger charge is -2.17. The molecule has 0 aliphatic carbocycles. The van der Waals surface area contributed by atoms with Crippen LogP contribution in [0.1, 0.15) is 24.0 Å². The van der Waals surface area contributed by atoms with Crippen LogP contribution in [0.2, 0.25) is 0 Å². The van der Waals surface area contributed by atoms with Crippen molar-refractivity contribution in [3.63, 3.8) is 0 Å². The molecule has 6 heteroatoms. The number of nitrogens with zero attached hydrogens (tertiary/aromatic N) is 3. The highest BCUT2D eigenvalue weighted by Crippen LogP contribution is 2.18. The molecular weight excluding hydrogens is 316 g/mol. The molecule has 6 nitrogen and oxygen atoms in total. The zero-order valence-corrected chi connectivity index (χ0v) is 13.9. The summed E-state index contributed by atoms with van der Waals surface area (Å²) >= 11 is 0. The maximum absolute atomic E-state index is 12.0. The molecule has 0 bridgehead atoms. The van der Waals surface area contributed by atoms with E-state index in [1.807, 2.05) is 18.2 Å². The van der Waals surface area contributed by atoms with Crippen molar-refractivity contribution in [3.05, 3.63) is 53.7 Å². The molecule has 1 amide bonds. The third-order valence-electron chi connectivity index (χ3n) is 4.10. The number of hydrogen-bond donors (Lipinski definition) is 1. The molecule has 1 aromatic heterocycles. The maximum atomic E-state index is 12.0. The zero-order chi connectivity index (χ0) is 17.5. The molecule has 2 heterocycles. The monoisotopic (exact) mass is 336 g/mol. The molecular formula is C19H20N4O2. The Morgan fingerprint density at radius 1 is 1.28 bits per heavy atom. The second-order valence-electron chi connectivity index (χ2n) is 5.89. The van der Waals surface area contributed by atoms with E-state index in [2.05, 4.69) is 15.2 Å². The molecule has 25 heavy (non-hydrogen) atoms. The van der Waals surface area contributed by atoms with Gasteiger partial charge in [0.25, 0.3) is 5.91 Å². The van der Waals surface area contributed by atoms with Gasteiger partial charge in [0.15, 0.2) is 6.61 Å². The molecule has 1 aliphatic rings. The van der Waals surface area contributed by atoms with E-state index in [1.54, 1.807) is 30.5 Å². The van der Waals surface area contributed by atoms with E-state index in [-0.39, 0.29) is 12.5 Å². The van der Waals surface area contributed by atoms with Gasteiger partial charge in [-0.1, -0.05) is 12.1 Å². The van der Waals surface area contributed by atoms with E-state index in [0.29, 0.717) is 17.9 Å². The minimum absolute atomic E-state index is 0.122. The molecule has 0 spiro atoms. The van der Waals surface area contributed by atoms with Gasteiger partial charge in [0.05, 0.1) is 5.56 Å². The summed E-state index contributed by atoms with van der Waals surface area (Å²) in [6.07, 6.45) is 4.17. The van der Waals surface area contributed by atoms with Crippen molar-refractivity contribution in [2.24, 2.45) is 0 Å². The molecule has 2 aromatic rings. The van der Waals surface area contributed by atoms with Crippen molar-refractivity contribution < 1.29 is 9.53 Å². The number of hydrogen-bond acceptors (Lipinski definition) is 5. The number of carbonyl (C=O) groups excluding carboxylic acids is 1. The normalized spacial score (nSPS) is 13.3. The Bertz CT molecular complexity index is 779. The van der Waals surface area contributed by atoms with Crippen molar-refractivity contribution in [3.8, 4) is 11.8 Å². The first-order valence-electron chi connectivity index (χ1n) is 8.35. The number of nitrogens with one attached hydrogen (secondary N) is 1. The fraction of sp³-hybridized carbons (Fsp3) is 0.316. The summed E-state index contributed by atoms with van der Waals surface area (Å²) in [5.41, 5.74) is 1.42. The number of rotatable bonds is 6. The Kier molecular flexibility index (Phi) is 5.47. The van der Waals surface area contributed by atoms with Crippen molar-refractivity contribution in [1.29, 1.82) is 5.26 Å². The lowest BCUT2D eigenvalue weighted by molar-refractivity contribution is -0.123. The summed E-state index contributed by atoms with van der Waals surface area (Å²) in [5, 5.41) is 11.8. The third kappa shape index (κ3) is 4.48. The van der Waals surface area contributed by atoms with Crippen molar-refractivity contribution in [1.82, 2.24) is 10.3 Å². The van der Waals surface area contributed by atoms with Crippen LogP contribution in [0.25, 0.3) is 0 Å². The Labute approximate surface area is 147 Å². The van der Waals surface area contributed by atoms with Crippen LogP contribution in [0.15, 0.2) is 42.6 Å². The van der Waals surface area contributed by atoms with Gasteiger partial charge in [-0.15, -0.1) is 0 Å². The molecule has 1 aliphatic heterocycles. The van der Waals surface area contributed by atoms with E-state index in [9.17, 15) is 4.79 Å². The van der Waals surface area contributed by atoms with Crippen LogP contribution in [0, 0.1) is 11.3 Å². The summed E-state index contributed by atoms with van der Waals surface area (Å²) in [5.74, 6) is 1.15. The summed E-state index contributed by atoms with van der Waals surface area (Å²) in [6, 6.07) is 12.8. The second kappa shape index (κ2) is 8.15. The van der Waals surface area contributed by atoms with Gasteiger partial charge < -0.3 is 15.0 Å². The number of ether oxygens (including phenoxy) is 1. The highest BCUT2D eigenvalue weighted by molar-refractivity contribution is 5.77. The molecule has 1 aromatic carbocycles. The number of pyridine rings is 1. The van der Waals surface area contributed by atoms with Gasteiger partial charge in [-0.05, 0) is 42.7 Å². The van der Waals surface area contributed by atoms with Gasteiger partial charge in [-0.25, -0.2) is 4.98 Å². The molecule has 128 valence electrons. The summed E-state index contributed by atoms with van der Waals surface area (Å²) in [6.45, 7) is 2.37. The number of para-hydroxylation sites is 1. The van der Waals surface area contributed by atoms with Gasteiger partial charge in [0.1, 0.15) is 17.6 Å². The number of amides is 1. The fourth-order valence-electron chi connectivity index (χ4n) is 2.77. The van der Waals surface area contributed by atoms with Gasteiger partial charge in [0.2, 0.25) is 0 Å². The van der Waals surface area contributed by atoms with Gasteiger partial charge >= 0.3 is 0 Å². The zero-order valence-electron chi connectivity index (χ0n) is 13.9. The maximum Gasteiger partial charge on any atom is 0.258 e. The van der Waals surface area contributed by atoms with Gasteiger partial charge in [-0.2, -0.15) is 5.26 Å². The first-order chi connectivity index (χ1) is 12.3. The largest absolute Gasteiger partial charge is 0.482 e. The Balaban J connectivity index is 1.51. The van der Waals surface area contributed by atoms with Gasteiger partial charge in [-0.3, -0.25) is 4.79 Å². The van der Waals surface area contributed by atoms with E-state index in [4.69, 9.17) is 10.00 Å². The van der Waals surface area contributed by atoms with Crippen molar-refractivity contribution in [2.45, 2.75) is 19.4 Å². The highest BCUT2D eigenvalue weighted by atomic mass is 16.5. The molecule has 0 radical (unpaired) electrons. The lowest BCUT2D eigenvalue weighted by atomic mass is 10.2. The second-order valence-corrected chi connectivity index (χ2v) is 5.89. The number of anilines is 1. The van der Waals surface area contributed by atoms with Crippen LogP contribution in [0.5, 0.6) is 5.75 Å². The molecule has 0 atom stereocenters. The summed E-state index contributed by atoms with van der Waals surface area (Å²) in [4.78, 5) is 18.6. The van der Waals surface area contributed by atoms with Crippen LogP contribution < -0.4 is 15.0 Å². The predicted octanol–water partition coefficient (Wildman–Crippen LogP) is 2.25. The molecule has 0 saturated carbocycles. The summed E-state index contributed by atoms with van der Waals surface area (Å²) < 4.78 is 5.43. The lowest BCUT2D eigenvalue weighted by Crippen LogP contribution is -2.28. The van der Waals surface area contributed by atoms with Crippen LogP contribution >= 0.6 is 0 Å². The quantitative estimate of drug-likeness (QED) is 0.875. The molecule has 3 rings (SSSR count). The van der Waals surface area contributed by atoms with Gasteiger partial charge in [0, 0.05) is 25.8 Å². The standard InChI is InChI=1S/C19H20N4O2/c20-12-16-5-1-2-6-17(16)25-14-19(24)22-13-15-7-8-21-18(11-15)23-9-3-4-10-23/h1-2,5-8,11H,3-4,9-10,13-14H2,(H,22,24). The highest BCUT2D eigenvalue weighted by Gasteiger charge is 2.13. The predicted molar refractivity (Wildman–Crippen MR) is 94.2 cm³/mol. The third-order valence-corrected chi connectivity index (χ3v) is 4.10. The number of benzene rings is 1. The number of aromatic nitrogens is 1. The Morgan fingerprint density at radius 2 is 2.08 bits per heavy atom. The van der Waals surface area contributed by atoms with Crippen molar-refractivity contribution >= 4 is 11.7 Å². The van der Waals surface area contributed by atoms with E-state index < -0.39 is 0 Å². The average molecular weight is 336 g/mol. The van der Waals surface area contributed by atoms with Crippen LogP contribution in [0.3, 0.4) is 0 Å². The number of nitriles is 1. The van der Waals surface area contributed by atoms with Crippen LogP contribution in [0.4, 0.5) is 5.82 Å².